The molecule has 0 fully saturated rings. The van der Waals surface area contributed by atoms with E-state index in [9.17, 15) is 0 Å². The number of nitrogens with one attached hydrogen (secondary N) is 1. The molecule has 0 unspecified atom stereocenters. The molecular formula is C16H20IN3O. The first kappa shape index (κ1) is 16.0. The first-order chi connectivity index (χ1) is 10.2. The molecule has 1 N–H and O–H groups in total. The van der Waals surface area contributed by atoms with E-state index < -0.39 is 0 Å². The highest BCUT2D eigenvalue weighted by molar-refractivity contribution is 14.1. The second-order valence-corrected chi connectivity index (χ2v) is 5.85. The molecule has 0 amide bonds. The van der Waals surface area contributed by atoms with Gasteiger partial charge in [0.2, 0.25) is 0 Å². The zero-order valence-electron chi connectivity index (χ0n) is 12.6. The summed E-state index contributed by atoms with van der Waals surface area (Å²) >= 11 is 2.32. The Labute approximate surface area is 139 Å². The molecule has 1 heterocycles. The third-order valence-corrected chi connectivity index (χ3v) is 4.34. The van der Waals surface area contributed by atoms with Crippen molar-refractivity contribution in [1.29, 1.82) is 0 Å². The zero-order chi connectivity index (χ0) is 15.2. The maximum absolute atomic E-state index is 5.18. The minimum Gasteiger partial charge on any atom is -0.497 e. The summed E-state index contributed by atoms with van der Waals surface area (Å²) in [5.74, 6) is 2.64. The molecule has 1 aromatic carbocycles. The van der Waals surface area contributed by atoms with Crippen LogP contribution in [0.3, 0.4) is 0 Å². The minimum atomic E-state index is 0.728. The molecule has 0 spiro atoms. The second-order valence-electron chi connectivity index (χ2n) is 4.77. The fourth-order valence-electron chi connectivity index (χ4n) is 2.12. The van der Waals surface area contributed by atoms with Crippen molar-refractivity contribution in [3.05, 3.63) is 44.9 Å². The fraction of sp³-hybridized carbons (Fsp3) is 0.375. The number of anilines is 1. The Balaban J connectivity index is 2.27. The molecular weight excluding hydrogens is 377 g/mol. The molecule has 0 aliphatic rings. The molecule has 5 heteroatoms. The second kappa shape index (κ2) is 7.59. The largest absolute Gasteiger partial charge is 0.497 e. The number of nitrogens with zero attached hydrogens (tertiary/aromatic N) is 2. The highest BCUT2D eigenvalue weighted by Crippen LogP contribution is 2.21. The van der Waals surface area contributed by atoms with Gasteiger partial charge < -0.3 is 10.1 Å². The van der Waals surface area contributed by atoms with Crippen LogP contribution >= 0.6 is 22.6 Å². The normalized spacial score (nSPS) is 10.5. The fourth-order valence-corrected chi connectivity index (χ4v) is 2.90. The van der Waals surface area contributed by atoms with Gasteiger partial charge in [-0.3, -0.25) is 0 Å². The van der Waals surface area contributed by atoms with Crippen LogP contribution in [0.4, 0.5) is 5.82 Å². The van der Waals surface area contributed by atoms with Crippen LogP contribution in [0.5, 0.6) is 5.75 Å². The molecule has 1 aromatic heterocycles. The Bertz CT molecular complexity index is 599. The third kappa shape index (κ3) is 4.06. The van der Waals surface area contributed by atoms with Gasteiger partial charge in [0.1, 0.15) is 17.4 Å². The van der Waals surface area contributed by atoms with Crippen molar-refractivity contribution in [1.82, 2.24) is 9.97 Å². The van der Waals surface area contributed by atoms with Crippen molar-refractivity contribution in [3.63, 3.8) is 0 Å². The van der Waals surface area contributed by atoms with Gasteiger partial charge in [0.05, 0.1) is 16.4 Å². The molecule has 4 nitrogen and oxygen atoms in total. The molecule has 0 saturated heterocycles. The van der Waals surface area contributed by atoms with Crippen LogP contribution in [-0.2, 0) is 12.8 Å². The van der Waals surface area contributed by atoms with Crippen LogP contribution in [-0.4, -0.2) is 24.1 Å². The lowest BCUT2D eigenvalue weighted by Crippen LogP contribution is -2.08. The standard InChI is InChI=1S/C16H20IN3O/c1-4-5-13-15(17)16(18-2)20-14(19-13)10-11-6-8-12(21-3)9-7-11/h6-9H,4-5,10H2,1-3H3,(H,18,19,20). The monoisotopic (exact) mass is 397 g/mol. The highest BCUT2D eigenvalue weighted by Gasteiger charge is 2.11. The average Bonchev–Trinajstić information content (AvgIpc) is 2.51. The van der Waals surface area contributed by atoms with Crippen molar-refractivity contribution < 1.29 is 4.74 Å². The van der Waals surface area contributed by atoms with Gasteiger partial charge in [0, 0.05) is 13.5 Å². The molecule has 0 saturated carbocycles. The van der Waals surface area contributed by atoms with Gasteiger partial charge in [0.15, 0.2) is 0 Å². The number of rotatable bonds is 6. The van der Waals surface area contributed by atoms with Crippen molar-refractivity contribution in [2.75, 3.05) is 19.5 Å². The predicted octanol–water partition coefficient (Wildman–Crippen LogP) is 3.67. The van der Waals surface area contributed by atoms with E-state index in [2.05, 4.69) is 51.9 Å². The summed E-state index contributed by atoms with van der Waals surface area (Å²) in [7, 11) is 3.57. The number of halogens is 1. The maximum atomic E-state index is 5.18. The van der Waals surface area contributed by atoms with Crippen molar-refractivity contribution >= 4 is 28.4 Å². The molecule has 0 radical (unpaired) electrons. The van der Waals surface area contributed by atoms with Crippen LogP contribution in [0, 0.1) is 3.57 Å². The van der Waals surface area contributed by atoms with Crippen LogP contribution in [0.2, 0.25) is 0 Å². The van der Waals surface area contributed by atoms with E-state index in [-0.39, 0.29) is 0 Å². The highest BCUT2D eigenvalue weighted by atomic mass is 127. The Hall–Kier alpha value is -1.37. The number of aryl methyl sites for hydroxylation is 1. The first-order valence-corrected chi connectivity index (χ1v) is 8.11. The van der Waals surface area contributed by atoms with E-state index >= 15 is 0 Å². The van der Waals surface area contributed by atoms with E-state index in [1.165, 1.54) is 5.56 Å². The van der Waals surface area contributed by atoms with E-state index in [0.29, 0.717) is 0 Å². The summed E-state index contributed by atoms with van der Waals surface area (Å²) in [6.07, 6.45) is 2.79. The molecule has 2 aromatic rings. The van der Waals surface area contributed by atoms with E-state index in [1.807, 2.05) is 19.2 Å². The molecule has 0 atom stereocenters. The summed E-state index contributed by atoms with van der Waals surface area (Å²) in [5, 5.41) is 3.16. The Morgan fingerprint density at radius 1 is 1.19 bits per heavy atom. The minimum absolute atomic E-state index is 0.728. The van der Waals surface area contributed by atoms with Gasteiger partial charge in [-0.05, 0) is 46.7 Å². The number of aromatic nitrogens is 2. The number of hydrogen-bond donors (Lipinski definition) is 1. The SMILES string of the molecule is CCCc1nc(Cc2ccc(OC)cc2)nc(NC)c1I. The van der Waals surface area contributed by atoms with Crippen molar-refractivity contribution in [3.8, 4) is 5.75 Å². The molecule has 21 heavy (non-hydrogen) atoms. The van der Waals surface area contributed by atoms with E-state index in [0.717, 1.165) is 45.9 Å². The summed E-state index contributed by atoms with van der Waals surface area (Å²) < 4.78 is 6.30. The van der Waals surface area contributed by atoms with Crippen LogP contribution in [0.25, 0.3) is 0 Å². The van der Waals surface area contributed by atoms with Gasteiger partial charge in [-0.1, -0.05) is 25.5 Å². The lowest BCUT2D eigenvalue weighted by molar-refractivity contribution is 0.414. The van der Waals surface area contributed by atoms with E-state index in [4.69, 9.17) is 9.72 Å². The van der Waals surface area contributed by atoms with Gasteiger partial charge in [-0.2, -0.15) is 0 Å². The van der Waals surface area contributed by atoms with Crippen molar-refractivity contribution in [2.24, 2.45) is 0 Å². The number of benzene rings is 1. The number of methoxy groups -OCH3 is 1. The Morgan fingerprint density at radius 3 is 2.48 bits per heavy atom. The summed E-state index contributed by atoms with van der Waals surface area (Å²) in [5.41, 5.74) is 2.31. The molecule has 0 bridgehead atoms. The van der Waals surface area contributed by atoms with Gasteiger partial charge in [0.25, 0.3) is 0 Å². The zero-order valence-corrected chi connectivity index (χ0v) is 14.8. The quantitative estimate of drug-likeness (QED) is 0.756. The molecule has 0 aliphatic carbocycles. The predicted molar refractivity (Wildman–Crippen MR) is 94.1 cm³/mol. The van der Waals surface area contributed by atoms with Gasteiger partial charge >= 0.3 is 0 Å². The number of hydrogen-bond acceptors (Lipinski definition) is 4. The Morgan fingerprint density at radius 2 is 1.90 bits per heavy atom. The molecule has 2 rings (SSSR count). The maximum Gasteiger partial charge on any atom is 0.143 e. The molecule has 0 aliphatic heterocycles. The number of ether oxygens (including phenoxy) is 1. The van der Waals surface area contributed by atoms with Crippen LogP contribution in [0.15, 0.2) is 24.3 Å². The summed E-state index contributed by atoms with van der Waals surface area (Å²) in [6, 6.07) is 8.04. The lowest BCUT2D eigenvalue weighted by atomic mass is 10.1. The van der Waals surface area contributed by atoms with Gasteiger partial charge in [-0.15, -0.1) is 0 Å². The van der Waals surface area contributed by atoms with E-state index in [1.54, 1.807) is 7.11 Å². The first-order valence-electron chi connectivity index (χ1n) is 7.03. The summed E-state index contributed by atoms with van der Waals surface area (Å²) in [4.78, 5) is 9.33. The van der Waals surface area contributed by atoms with Gasteiger partial charge in [-0.25, -0.2) is 9.97 Å². The molecule has 112 valence electrons. The average molecular weight is 397 g/mol. The van der Waals surface area contributed by atoms with Crippen LogP contribution in [0.1, 0.15) is 30.4 Å². The smallest absolute Gasteiger partial charge is 0.143 e. The van der Waals surface area contributed by atoms with Crippen molar-refractivity contribution in [2.45, 2.75) is 26.2 Å². The topological polar surface area (TPSA) is 47.0 Å². The lowest BCUT2D eigenvalue weighted by Gasteiger charge is -2.11. The Kier molecular flexibility index (Phi) is 5.78. The summed E-state index contributed by atoms with van der Waals surface area (Å²) in [6.45, 7) is 2.17. The third-order valence-electron chi connectivity index (χ3n) is 3.21. The van der Waals surface area contributed by atoms with Crippen LogP contribution < -0.4 is 10.1 Å².